The molecular formula is C20H23ClN4O3S. The number of ketones is 1. The SMILES string of the molecule is Cl.O=C(c1ccc(NC2=NCCN2)cc1)c1ccc(S(=O)(=O)N2CCCC2)cc1. The smallest absolute Gasteiger partial charge is 0.243 e. The largest absolute Gasteiger partial charge is 0.354 e. The van der Waals surface area contributed by atoms with Crippen molar-refractivity contribution in [3.8, 4) is 0 Å². The van der Waals surface area contributed by atoms with Gasteiger partial charge in [0.25, 0.3) is 0 Å². The number of rotatable bonds is 5. The predicted molar refractivity (Wildman–Crippen MR) is 115 cm³/mol. The molecule has 2 heterocycles. The molecule has 0 atom stereocenters. The van der Waals surface area contributed by atoms with Gasteiger partial charge in [-0.1, -0.05) is 0 Å². The summed E-state index contributed by atoms with van der Waals surface area (Å²) in [5.74, 6) is 0.585. The van der Waals surface area contributed by atoms with E-state index in [1.807, 2.05) is 12.1 Å². The van der Waals surface area contributed by atoms with Gasteiger partial charge in [0.15, 0.2) is 11.7 Å². The third-order valence-electron chi connectivity index (χ3n) is 4.90. The van der Waals surface area contributed by atoms with Gasteiger partial charge in [-0.2, -0.15) is 4.31 Å². The van der Waals surface area contributed by atoms with Crippen LogP contribution in [0.2, 0.25) is 0 Å². The Kier molecular flexibility index (Phi) is 6.56. The number of carbonyl (C=O) groups excluding carboxylic acids is 1. The lowest BCUT2D eigenvalue weighted by atomic mass is 10.0. The summed E-state index contributed by atoms with van der Waals surface area (Å²) in [5, 5.41) is 6.28. The van der Waals surface area contributed by atoms with Crippen LogP contribution in [0.4, 0.5) is 5.69 Å². The number of halogens is 1. The molecule has 9 heteroatoms. The standard InChI is InChI=1S/C20H22N4O3S.ClH/c25-19(15-3-7-17(8-4-15)23-20-21-11-12-22-20)16-5-9-18(10-6-16)28(26,27)24-13-1-2-14-24;/h3-10H,1-2,11-14H2,(H2,21,22,23);1H. The summed E-state index contributed by atoms with van der Waals surface area (Å²) in [4.78, 5) is 17.2. The van der Waals surface area contributed by atoms with Crippen molar-refractivity contribution in [3.63, 3.8) is 0 Å². The molecule has 7 nitrogen and oxygen atoms in total. The number of nitrogens with zero attached hydrogens (tertiary/aromatic N) is 2. The molecule has 0 spiro atoms. The van der Waals surface area contributed by atoms with Crippen LogP contribution in [-0.2, 0) is 10.0 Å². The molecule has 0 unspecified atom stereocenters. The molecule has 0 aromatic heterocycles. The molecule has 4 rings (SSSR count). The highest BCUT2D eigenvalue weighted by Gasteiger charge is 2.27. The average molecular weight is 435 g/mol. The van der Waals surface area contributed by atoms with Gasteiger partial charge in [-0.25, -0.2) is 8.42 Å². The van der Waals surface area contributed by atoms with Crippen LogP contribution >= 0.6 is 12.4 Å². The van der Waals surface area contributed by atoms with Crippen LogP contribution in [0.15, 0.2) is 58.4 Å². The summed E-state index contributed by atoms with van der Waals surface area (Å²) in [6.45, 7) is 2.70. The Bertz CT molecular complexity index is 999. The van der Waals surface area contributed by atoms with Crippen molar-refractivity contribution in [3.05, 3.63) is 59.7 Å². The summed E-state index contributed by atoms with van der Waals surface area (Å²) < 4.78 is 26.7. The predicted octanol–water partition coefficient (Wildman–Crippen LogP) is 2.50. The van der Waals surface area contributed by atoms with Crippen LogP contribution in [0.5, 0.6) is 0 Å². The molecular weight excluding hydrogens is 412 g/mol. The fraction of sp³-hybridized carbons (Fsp3) is 0.300. The highest BCUT2D eigenvalue weighted by Crippen LogP contribution is 2.22. The molecule has 2 N–H and O–H groups in total. The van der Waals surface area contributed by atoms with Crippen molar-refractivity contribution in [1.29, 1.82) is 0 Å². The van der Waals surface area contributed by atoms with Crippen molar-refractivity contribution >= 4 is 39.9 Å². The van der Waals surface area contributed by atoms with Gasteiger partial charge in [-0.15, -0.1) is 12.4 Å². The second kappa shape index (κ2) is 8.94. The van der Waals surface area contributed by atoms with Crippen LogP contribution in [0, 0.1) is 0 Å². The first-order chi connectivity index (χ1) is 13.5. The molecule has 0 amide bonds. The first kappa shape index (κ1) is 21.3. The monoisotopic (exact) mass is 434 g/mol. The first-order valence-corrected chi connectivity index (χ1v) is 10.8. The Morgan fingerprint density at radius 1 is 0.966 bits per heavy atom. The minimum atomic E-state index is -3.47. The third-order valence-corrected chi connectivity index (χ3v) is 6.82. The summed E-state index contributed by atoms with van der Waals surface area (Å²) in [6, 6.07) is 13.3. The zero-order valence-corrected chi connectivity index (χ0v) is 17.4. The fourth-order valence-electron chi connectivity index (χ4n) is 3.35. The summed E-state index contributed by atoms with van der Waals surface area (Å²) >= 11 is 0. The van der Waals surface area contributed by atoms with Crippen molar-refractivity contribution in [2.75, 3.05) is 31.5 Å². The van der Waals surface area contributed by atoms with E-state index in [4.69, 9.17) is 0 Å². The van der Waals surface area contributed by atoms with E-state index in [1.54, 1.807) is 24.3 Å². The summed E-state index contributed by atoms with van der Waals surface area (Å²) in [7, 11) is -3.47. The average Bonchev–Trinajstić information content (AvgIpc) is 3.43. The topological polar surface area (TPSA) is 90.9 Å². The quantitative estimate of drug-likeness (QED) is 0.705. The Balaban J connectivity index is 0.00000240. The van der Waals surface area contributed by atoms with Gasteiger partial charge in [0.05, 0.1) is 11.4 Å². The lowest BCUT2D eigenvalue weighted by Crippen LogP contribution is -2.27. The number of hydrogen-bond acceptors (Lipinski definition) is 6. The number of guanidine groups is 1. The molecule has 2 aliphatic rings. The molecule has 0 saturated carbocycles. The molecule has 154 valence electrons. The maximum Gasteiger partial charge on any atom is 0.243 e. The van der Waals surface area contributed by atoms with Gasteiger partial charge in [0.2, 0.25) is 10.0 Å². The fourth-order valence-corrected chi connectivity index (χ4v) is 4.86. The number of anilines is 1. The van der Waals surface area contributed by atoms with E-state index in [9.17, 15) is 13.2 Å². The van der Waals surface area contributed by atoms with Crippen LogP contribution < -0.4 is 10.6 Å². The number of nitrogens with one attached hydrogen (secondary N) is 2. The number of aliphatic imine (C=N–C) groups is 1. The van der Waals surface area contributed by atoms with Crippen LogP contribution in [0.1, 0.15) is 28.8 Å². The van der Waals surface area contributed by atoms with Gasteiger partial charge in [0.1, 0.15) is 0 Å². The van der Waals surface area contributed by atoms with Gasteiger partial charge in [0, 0.05) is 36.4 Å². The molecule has 2 aromatic rings. The van der Waals surface area contributed by atoms with Crippen LogP contribution in [0.25, 0.3) is 0 Å². The summed E-state index contributed by atoms with van der Waals surface area (Å²) in [6.07, 6.45) is 1.79. The Labute approximate surface area is 176 Å². The molecule has 2 aromatic carbocycles. The van der Waals surface area contributed by atoms with Gasteiger partial charge < -0.3 is 10.6 Å². The number of hydrogen-bond donors (Lipinski definition) is 2. The highest BCUT2D eigenvalue weighted by molar-refractivity contribution is 7.89. The van der Waals surface area contributed by atoms with E-state index in [0.717, 1.165) is 37.6 Å². The normalized spacial score (nSPS) is 16.6. The Morgan fingerprint density at radius 3 is 2.10 bits per heavy atom. The zero-order valence-electron chi connectivity index (χ0n) is 15.8. The van der Waals surface area contributed by atoms with E-state index >= 15 is 0 Å². The van der Waals surface area contributed by atoms with Crippen LogP contribution in [-0.4, -0.2) is 50.6 Å². The molecule has 29 heavy (non-hydrogen) atoms. The molecule has 0 bridgehead atoms. The van der Waals surface area contributed by atoms with Crippen molar-refractivity contribution < 1.29 is 13.2 Å². The van der Waals surface area contributed by atoms with Crippen molar-refractivity contribution in [2.24, 2.45) is 4.99 Å². The first-order valence-electron chi connectivity index (χ1n) is 9.34. The maximum absolute atomic E-state index is 12.7. The molecule has 1 saturated heterocycles. The minimum Gasteiger partial charge on any atom is -0.354 e. The number of sulfonamides is 1. The zero-order chi connectivity index (χ0) is 19.6. The van der Waals surface area contributed by atoms with E-state index in [0.29, 0.717) is 24.2 Å². The second-order valence-electron chi connectivity index (χ2n) is 6.82. The van der Waals surface area contributed by atoms with Crippen LogP contribution in [0.3, 0.4) is 0 Å². The minimum absolute atomic E-state index is 0. The van der Waals surface area contributed by atoms with Gasteiger partial charge >= 0.3 is 0 Å². The highest BCUT2D eigenvalue weighted by atomic mass is 35.5. The van der Waals surface area contributed by atoms with E-state index in [-0.39, 0.29) is 23.1 Å². The molecule has 0 aliphatic carbocycles. The number of carbonyl (C=O) groups is 1. The van der Waals surface area contributed by atoms with Gasteiger partial charge in [-0.05, 0) is 61.4 Å². The number of benzene rings is 2. The van der Waals surface area contributed by atoms with Crippen molar-refractivity contribution in [2.45, 2.75) is 17.7 Å². The van der Waals surface area contributed by atoms with E-state index < -0.39 is 10.0 Å². The lowest BCUT2D eigenvalue weighted by Gasteiger charge is -2.15. The Hall–Kier alpha value is -2.42. The molecule has 2 aliphatic heterocycles. The molecule has 1 fully saturated rings. The molecule has 0 radical (unpaired) electrons. The third kappa shape index (κ3) is 4.60. The van der Waals surface area contributed by atoms with Crippen molar-refractivity contribution in [1.82, 2.24) is 9.62 Å². The second-order valence-corrected chi connectivity index (χ2v) is 8.76. The Morgan fingerprint density at radius 2 is 1.55 bits per heavy atom. The van der Waals surface area contributed by atoms with E-state index in [1.165, 1.54) is 16.4 Å². The van der Waals surface area contributed by atoms with Gasteiger partial charge in [-0.3, -0.25) is 9.79 Å². The lowest BCUT2D eigenvalue weighted by molar-refractivity contribution is 0.103. The summed E-state index contributed by atoms with van der Waals surface area (Å²) in [5.41, 5.74) is 1.85. The maximum atomic E-state index is 12.7. The van der Waals surface area contributed by atoms with E-state index in [2.05, 4.69) is 15.6 Å².